The quantitative estimate of drug-likeness (QED) is 0.870. The second-order valence-electron chi connectivity index (χ2n) is 5.96. The van der Waals surface area contributed by atoms with E-state index in [0.717, 1.165) is 36.3 Å². The highest BCUT2D eigenvalue weighted by Gasteiger charge is 2.30. The van der Waals surface area contributed by atoms with Crippen LogP contribution in [0.1, 0.15) is 32.3 Å². The lowest BCUT2D eigenvalue weighted by Crippen LogP contribution is -2.49. The van der Waals surface area contributed by atoms with Gasteiger partial charge in [0, 0.05) is 12.6 Å². The van der Waals surface area contributed by atoms with Gasteiger partial charge in [-0.05, 0) is 49.0 Å². The largest absolute Gasteiger partial charge is 0.497 e. The fourth-order valence-corrected chi connectivity index (χ4v) is 3.02. The van der Waals surface area contributed by atoms with Crippen LogP contribution in [-0.2, 0) is 4.79 Å². The summed E-state index contributed by atoms with van der Waals surface area (Å²) in [6.07, 6.45) is 3.72. The molecule has 2 unspecified atom stereocenters. The van der Waals surface area contributed by atoms with Crippen LogP contribution < -0.4 is 4.74 Å². The lowest BCUT2D eigenvalue weighted by Gasteiger charge is -2.38. The number of carbonyl (C=O) groups is 1. The molecule has 1 amide bonds. The van der Waals surface area contributed by atoms with Gasteiger partial charge in [-0.1, -0.05) is 19.1 Å². The van der Waals surface area contributed by atoms with E-state index in [1.807, 2.05) is 31.2 Å². The first-order chi connectivity index (χ1) is 10.6. The van der Waals surface area contributed by atoms with E-state index in [1.165, 1.54) is 0 Å². The van der Waals surface area contributed by atoms with Gasteiger partial charge in [-0.2, -0.15) is 0 Å². The molecule has 4 nitrogen and oxygen atoms in total. The summed E-state index contributed by atoms with van der Waals surface area (Å²) < 4.78 is 5.22. The molecule has 1 aromatic carbocycles. The number of aliphatic hydroxyl groups is 1. The summed E-state index contributed by atoms with van der Waals surface area (Å²) in [6.45, 7) is 4.77. The Morgan fingerprint density at radius 3 is 2.95 bits per heavy atom. The monoisotopic (exact) mass is 303 g/mol. The van der Waals surface area contributed by atoms with Crippen LogP contribution in [0.4, 0.5) is 0 Å². The van der Waals surface area contributed by atoms with Crippen LogP contribution in [0, 0.1) is 5.92 Å². The van der Waals surface area contributed by atoms with E-state index in [1.54, 1.807) is 18.1 Å². The smallest absolute Gasteiger partial charge is 0.247 e. The first kappa shape index (κ1) is 16.6. The molecular weight excluding hydrogens is 278 g/mol. The number of nitrogens with zero attached hydrogens (tertiary/aromatic N) is 1. The number of aliphatic hydroxyl groups excluding tert-OH is 1. The maximum atomic E-state index is 12.6. The van der Waals surface area contributed by atoms with Gasteiger partial charge in [0.1, 0.15) is 5.75 Å². The molecule has 0 aromatic heterocycles. The summed E-state index contributed by atoms with van der Waals surface area (Å²) in [5.74, 6) is 1.09. The molecule has 1 aliphatic rings. The molecule has 22 heavy (non-hydrogen) atoms. The third-order valence-electron chi connectivity index (χ3n) is 4.45. The summed E-state index contributed by atoms with van der Waals surface area (Å²) >= 11 is 0. The molecule has 1 aliphatic heterocycles. The molecule has 1 fully saturated rings. The number of benzene rings is 1. The summed E-state index contributed by atoms with van der Waals surface area (Å²) in [7, 11) is 1.63. The number of hydrogen-bond acceptors (Lipinski definition) is 3. The minimum Gasteiger partial charge on any atom is -0.497 e. The second-order valence-corrected chi connectivity index (χ2v) is 5.96. The molecule has 2 atom stereocenters. The SMILES string of the molecule is COc1cccc(/C(C)=C/C(=O)N2CCCC(C)C2CO)c1. The zero-order valence-electron chi connectivity index (χ0n) is 13.6. The van der Waals surface area contributed by atoms with E-state index in [9.17, 15) is 9.90 Å². The predicted molar refractivity (Wildman–Crippen MR) is 87.6 cm³/mol. The Balaban J connectivity index is 2.17. The number of methoxy groups -OCH3 is 1. The first-order valence-corrected chi connectivity index (χ1v) is 7.81. The molecule has 4 heteroatoms. The van der Waals surface area contributed by atoms with Gasteiger partial charge in [0.15, 0.2) is 0 Å². The molecule has 0 radical (unpaired) electrons. The number of allylic oxidation sites excluding steroid dienone is 1. The molecule has 0 spiro atoms. The highest BCUT2D eigenvalue weighted by atomic mass is 16.5. The number of hydrogen-bond donors (Lipinski definition) is 1. The van der Waals surface area contributed by atoms with Gasteiger partial charge in [-0.3, -0.25) is 4.79 Å². The summed E-state index contributed by atoms with van der Waals surface area (Å²) in [5, 5.41) is 9.57. The molecule has 1 heterocycles. The van der Waals surface area contributed by atoms with Crippen molar-refractivity contribution < 1.29 is 14.6 Å². The van der Waals surface area contributed by atoms with Crippen molar-refractivity contribution in [2.75, 3.05) is 20.3 Å². The van der Waals surface area contributed by atoms with Crippen LogP contribution in [-0.4, -0.2) is 42.2 Å². The fourth-order valence-electron chi connectivity index (χ4n) is 3.02. The Morgan fingerprint density at radius 1 is 1.50 bits per heavy atom. The van der Waals surface area contributed by atoms with Gasteiger partial charge in [-0.15, -0.1) is 0 Å². The van der Waals surface area contributed by atoms with Crippen molar-refractivity contribution >= 4 is 11.5 Å². The Labute approximate surface area is 132 Å². The van der Waals surface area contributed by atoms with E-state index in [4.69, 9.17) is 4.74 Å². The average Bonchev–Trinajstić information content (AvgIpc) is 2.54. The number of ether oxygens (including phenoxy) is 1. The molecular formula is C18H25NO3. The van der Waals surface area contributed by atoms with Crippen molar-refractivity contribution in [2.45, 2.75) is 32.7 Å². The minimum atomic E-state index is -0.0735. The average molecular weight is 303 g/mol. The van der Waals surface area contributed by atoms with Crippen molar-refractivity contribution in [3.63, 3.8) is 0 Å². The van der Waals surface area contributed by atoms with Crippen LogP contribution in [0.2, 0.25) is 0 Å². The second kappa shape index (κ2) is 7.45. The highest BCUT2D eigenvalue weighted by Crippen LogP contribution is 2.25. The molecule has 0 saturated carbocycles. The summed E-state index contributed by atoms with van der Waals surface area (Å²) in [4.78, 5) is 14.4. The van der Waals surface area contributed by atoms with Gasteiger partial charge < -0.3 is 14.7 Å². The predicted octanol–water partition coefficient (Wildman–Crippen LogP) is 2.72. The van der Waals surface area contributed by atoms with E-state index in [2.05, 4.69) is 6.92 Å². The molecule has 120 valence electrons. The van der Waals surface area contributed by atoms with Crippen LogP contribution >= 0.6 is 0 Å². The highest BCUT2D eigenvalue weighted by molar-refractivity contribution is 5.95. The van der Waals surface area contributed by atoms with Gasteiger partial charge >= 0.3 is 0 Å². The van der Waals surface area contributed by atoms with Gasteiger partial charge in [0.2, 0.25) is 5.91 Å². The van der Waals surface area contributed by atoms with Gasteiger partial charge in [0.05, 0.1) is 19.8 Å². The van der Waals surface area contributed by atoms with Crippen molar-refractivity contribution in [2.24, 2.45) is 5.92 Å². The lowest BCUT2D eigenvalue weighted by atomic mass is 9.91. The molecule has 1 aromatic rings. The van der Waals surface area contributed by atoms with Crippen LogP contribution in [0.5, 0.6) is 5.75 Å². The molecule has 0 aliphatic carbocycles. The first-order valence-electron chi connectivity index (χ1n) is 7.81. The molecule has 0 bridgehead atoms. The maximum absolute atomic E-state index is 12.6. The van der Waals surface area contributed by atoms with E-state index in [-0.39, 0.29) is 18.6 Å². The Bertz CT molecular complexity index is 553. The number of carbonyl (C=O) groups excluding carboxylic acids is 1. The Hall–Kier alpha value is -1.81. The molecule has 1 N–H and O–H groups in total. The molecule has 2 rings (SSSR count). The topological polar surface area (TPSA) is 49.8 Å². The third-order valence-corrected chi connectivity index (χ3v) is 4.45. The van der Waals surface area contributed by atoms with Crippen LogP contribution in [0.25, 0.3) is 5.57 Å². The lowest BCUT2D eigenvalue weighted by molar-refractivity contribution is -0.132. The standard InChI is InChI=1S/C18H25NO3/c1-13-6-5-9-19(17(13)12-20)18(21)10-14(2)15-7-4-8-16(11-15)22-3/h4,7-8,10-11,13,17,20H,5-6,9,12H2,1-3H3/b14-10+. The van der Waals surface area contributed by atoms with Crippen LogP contribution in [0.3, 0.4) is 0 Å². The van der Waals surface area contributed by atoms with Crippen molar-refractivity contribution in [1.82, 2.24) is 4.90 Å². The van der Waals surface area contributed by atoms with Gasteiger partial charge in [-0.25, -0.2) is 0 Å². The number of amides is 1. The number of piperidine rings is 1. The minimum absolute atomic E-state index is 0.0223. The maximum Gasteiger partial charge on any atom is 0.247 e. The van der Waals surface area contributed by atoms with Crippen molar-refractivity contribution in [3.8, 4) is 5.75 Å². The van der Waals surface area contributed by atoms with E-state index < -0.39 is 0 Å². The van der Waals surface area contributed by atoms with E-state index in [0.29, 0.717) is 5.92 Å². The fraction of sp³-hybridized carbons (Fsp3) is 0.500. The zero-order chi connectivity index (χ0) is 16.1. The van der Waals surface area contributed by atoms with Crippen molar-refractivity contribution in [1.29, 1.82) is 0 Å². The zero-order valence-corrected chi connectivity index (χ0v) is 13.6. The van der Waals surface area contributed by atoms with E-state index >= 15 is 0 Å². The summed E-state index contributed by atoms with van der Waals surface area (Å²) in [5.41, 5.74) is 1.87. The van der Waals surface area contributed by atoms with Crippen LogP contribution in [0.15, 0.2) is 30.3 Å². The van der Waals surface area contributed by atoms with Crippen molar-refractivity contribution in [3.05, 3.63) is 35.9 Å². The summed E-state index contributed by atoms with van der Waals surface area (Å²) in [6, 6.07) is 7.60. The third kappa shape index (κ3) is 3.69. The van der Waals surface area contributed by atoms with Gasteiger partial charge in [0.25, 0.3) is 0 Å². The number of likely N-dealkylation sites (tertiary alicyclic amines) is 1. The molecule has 1 saturated heterocycles. The normalized spacial score (nSPS) is 22.5. The number of rotatable bonds is 4. The Kier molecular flexibility index (Phi) is 5.61. The Morgan fingerprint density at radius 2 is 2.27 bits per heavy atom.